The largest absolute Gasteiger partial charge is 0.493 e. The number of carbonyl (C=O) groups excluding carboxylic acids is 1. The highest BCUT2D eigenvalue weighted by Gasteiger charge is 2.14. The van der Waals surface area contributed by atoms with Crippen LogP contribution in [0.15, 0.2) is 42.5 Å². The lowest BCUT2D eigenvalue weighted by atomic mass is 9.92. The predicted molar refractivity (Wildman–Crippen MR) is 87.9 cm³/mol. The van der Waals surface area contributed by atoms with Crippen LogP contribution in [0.2, 0.25) is 0 Å². The van der Waals surface area contributed by atoms with Gasteiger partial charge in [0.2, 0.25) is 0 Å². The second kappa shape index (κ2) is 7.64. The predicted octanol–water partition coefficient (Wildman–Crippen LogP) is 3.79. The van der Waals surface area contributed by atoms with Crippen molar-refractivity contribution in [1.29, 1.82) is 0 Å². The van der Waals surface area contributed by atoms with Crippen LogP contribution < -0.4 is 9.47 Å². The van der Waals surface area contributed by atoms with Crippen LogP contribution in [0, 0.1) is 0 Å². The fraction of sp³-hybridized carbons (Fsp3) is 0.316. The van der Waals surface area contributed by atoms with Crippen molar-refractivity contribution >= 4 is 6.29 Å². The molecule has 0 bridgehead atoms. The number of aldehydes is 1. The van der Waals surface area contributed by atoms with E-state index in [1.807, 2.05) is 18.2 Å². The summed E-state index contributed by atoms with van der Waals surface area (Å²) in [4.78, 5) is 11.5. The molecular formula is C19H22O3. The molecule has 0 aliphatic carbocycles. The SMILES string of the molecule is CCc1ccc(CC(C=O)c2ccc(OC)c(OC)c2)cc1. The molecule has 1 atom stereocenters. The van der Waals surface area contributed by atoms with Gasteiger partial charge in [-0.3, -0.25) is 0 Å². The maximum Gasteiger partial charge on any atom is 0.161 e. The van der Waals surface area contributed by atoms with Crippen LogP contribution in [0.4, 0.5) is 0 Å². The van der Waals surface area contributed by atoms with Crippen molar-refractivity contribution in [3.05, 3.63) is 59.2 Å². The fourth-order valence-corrected chi connectivity index (χ4v) is 2.49. The second-order valence-electron chi connectivity index (χ2n) is 5.23. The van der Waals surface area contributed by atoms with E-state index >= 15 is 0 Å². The number of hydrogen-bond donors (Lipinski definition) is 0. The highest BCUT2D eigenvalue weighted by Crippen LogP contribution is 2.31. The third kappa shape index (κ3) is 3.67. The third-order valence-corrected chi connectivity index (χ3v) is 3.89. The highest BCUT2D eigenvalue weighted by molar-refractivity contribution is 5.64. The molecule has 3 nitrogen and oxygen atoms in total. The lowest BCUT2D eigenvalue weighted by Crippen LogP contribution is -2.05. The third-order valence-electron chi connectivity index (χ3n) is 3.89. The normalized spacial score (nSPS) is 11.8. The summed E-state index contributed by atoms with van der Waals surface area (Å²) in [5.74, 6) is 1.13. The Hall–Kier alpha value is -2.29. The average Bonchev–Trinajstić information content (AvgIpc) is 2.59. The molecular weight excluding hydrogens is 276 g/mol. The molecule has 0 saturated carbocycles. The maximum absolute atomic E-state index is 11.5. The fourth-order valence-electron chi connectivity index (χ4n) is 2.49. The first-order chi connectivity index (χ1) is 10.7. The molecule has 3 heteroatoms. The van der Waals surface area contributed by atoms with Crippen molar-refractivity contribution in [2.75, 3.05) is 14.2 Å². The van der Waals surface area contributed by atoms with Crippen molar-refractivity contribution in [2.24, 2.45) is 0 Å². The number of hydrogen-bond acceptors (Lipinski definition) is 3. The van der Waals surface area contributed by atoms with Gasteiger partial charge in [-0.15, -0.1) is 0 Å². The smallest absolute Gasteiger partial charge is 0.161 e. The first-order valence-corrected chi connectivity index (χ1v) is 7.46. The summed E-state index contributed by atoms with van der Waals surface area (Å²) in [7, 11) is 3.20. The summed E-state index contributed by atoms with van der Waals surface area (Å²) >= 11 is 0. The van der Waals surface area contributed by atoms with E-state index in [0.717, 1.165) is 23.8 Å². The van der Waals surface area contributed by atoms with Crippen LogP contribution >= 0.6 is 0 Å². The molecule has 0 aliphatic rings. The Morgan fingerprint density at radius 2 is 1.59 bits per heavy atom. The summed E-state index contributed by atoms with van der Waals surface area (Å²) in [5.41, 5.74) is 3.40. The van der Waals surface area contributed by atoms with E-state index in [-0.39, 0.29) is 5.92 Å². The van der Waals surface area contributed by atoms with Crippen LogP contribution in [0.5, 0.6) is 11.5 Å². The lowest BCUT2D eigenvalue weighted by molar-refractivity contribution is -0.109. The molecule has 2 aromatic carbocycles. The van der Waals surface area contributed by atoms with Gasteiger partial charge in [-0.05, 0) is 41.7 Å². The summed E-state index contributed by atoms with van der Waals surface area (Å²) < 4.78 is 10.5. The van der Waals surface area contributed by atoms with Crippen molar-refractivity contribution in [1.82, 2.24) is 0 Å². The zero-order valence-corrected chi connectivity index (χ0v) is 13.3. The number of carbonyl (C=O) groups is 1. The van der Waals surface area contributed by atoms with Crippen LogP contribution in [-0.4, -0.2) is 20.5 Å². The van der Waals surface area contributed by atoms with Gasteiger partial charge in [0.25, 0.3) is 0 Å². The molecule has 116 valence electrons. The lowest BCUT2D eigenvalue weighted by Gasteiger charge is -2.14. The van der Waals surface area contributed by atoms with Gasteiger partial charge in [-0.25, -0.2) is 0 Å². The van der Waals surface area contributed by atoms with Crippen molar-refractivity contribution < 1.29 is 14.3 Å². The Kier molecular flexibility index (Phi) is 5.59. The Bertz CT molecular complexity index is 617. The highest BCUT2D eigenvalue weighted by atomic mass is 16.5. The standard InChI is InChI=1S/C19H22O3/c1-4-14-5-7-15(8-6-14)11-17(13-20)16-9-10-18(21-2)19(12-16)22-3/h5-10,12-13,17H,4,11H2,1-3H3. The minimum absolute atomic E-state index is 0.188. The van der Waals surface area contributed by atoms with Crippen LogP contribution in [-0.2, 0) is 17.6 Å². The molecule has 0 aliphatic heterocycles. The maximum atomic E-state index is 11.5. The minimum atomic E-state index is -0.188. The van der Waals surface area contributed by atoms with Gasteiger partial charge in [0.1, 0.15) is 6.29 Å². The number of aryl methyl sites for hydroxylation is 1. The summed E-state index contributed by atoms with van der Waals surface area (Å²) in [6.45, 7) is 2.13. The summed E-state index contributed by atoms with van der Waals surface area (Å²) in [6.07, 6.45) is 2.70. The molecule has 0 fully saturated rings. The zero-order valence-electron chi connectivity index (χ0n) is 13.3. The Morgan fingerprint density at radius 3 is 2.14 bits per heavy atom. The molecule has 0 spiro atoms. The van der Waals surface area contributed by atoms with E-state index in [1.54, 1.807) is 14.2 Å². The quantitative estimate of drug-likeness (QED) is 0.730. The summed E-state index contributed by atoms with van der Waals surface area (Å²) in [6, 6.07) is 14.0. The Balaban J connectivity index is 2.21. The Labute approximate surface area is 131 Å². The van der Waals surface area contributed by atoms with Crippen LogP contribution in [0.25, 0.3) is 0 Å². The molecule has 0 saturated heterocycles. The first-order valence-electron chi connectivity index (χ1n) is 7.46. The molecule has 0 heterocycles. The van der Waals surface area contributed by atoms with Gasteiger partial charge >= 0.3 is 0 Å². The first kappa shape index (κ1) is 16.1. The van der Waals surface area contributed by atoms with E-state index in [0.29, 0.717) is 17.9 Å². The zero-order chi connectivity index (χ0) is 15.9. The van der Waals surface area contributed by atoms with Gasteiger partial charge in [0.05, 0.1) is 14.2 Å². The van der Waals surface area contributed by atoms with E-state index in [9.17, 15) is 4.79 Å². The van der Waals surface area contributed by atoms with Gasteiger partial charge < -0.3 is 14.3 Å². The van der Waals surface area contributed by atoms with E-state index < -0.39 is 0 Å². The molecule has 0 amide bonds. The molecule has 1 unspecified atom stereocenters. The van der Waals surface area contributed by atoms with Crippen molar-refractivity contribution in [2.45, 2.75) is 25.7 Å². The average molecular weight is 298 g/mol. The van der Waals surface area contributed by atoms with Crippen LogP contribution in [0.1, 0.15) is 29.5 Å². The topological polar surface area (TPSA) is 35.5 Å². The molecule has 0 aromatic heterocycles. The number of benzene rings is 2. The molecule has 0 radical (unpaired) electrons. The van der Waals surface area contributed by atoms with Gasteiger partial charge in [0.15, 0.2) is 11.5 Å². The van der Waals surface area contributed by atoms with E-state index in [2.05, 4.69) is 31.2 Å². The number of rotatable bonds is 7. The second-order valence-corrected chi connectivity index (χ2v) is 5.23. The van der Waals surface area contributed by atoms with Gasteiger partial charge in [0, 0.05) is 5.92 Å². The Morgan fingerprint density at radius 1 is 0.955 bits per heavy atom. The molecule has 22 heavy (non-hydrogen) atoms. The number of ether oxygens (including phenoxy) is 2. The van der Waals surface area contributed by atoms with Crippen molar-refractivity contribution in [3.8, 4) is 11.5 Å². The number of methoxy groups -OCH3 is 2. The molecule has 2 aromatic rings. The minimum Gasteiger partial charge on any atom is -0.493 e. The van der Waals surface area contributed by atoms with Crippen LogP contribution in [0.3, 0.4) is 0 Å². The summed E-state index contributed by atoms with van der Waals surface area (Å²) in [5, 5.41) is 0. The molecule has 2 rings (SSSR count). The molecule has 0 N–H and O–H groups in total. The monoisotopic (exact) mass is 298 g/mol. The van der Waals surface area contributed by atoms with E-state index in [4.69, 9.17) is 9.47 Å². The van der Waals surface area contributed by atoms with Gasteiger partial charge in [-0.1, -0.05) is 37.3 Å². The van der Waals surface area contributed by atoms with Crippen molar-refractivity contribution in [3.63, 3.8) is 0 Å². The van der Waals surface area contributed by atoms with Gasteiger partial charge in [-0.2, -0.15) is 0 Å². The van der Waals surface area contributed by atoms with E-state index in [1.165, 1.54) is 5.56 Å².